The van der Waals surface area contributed by atoms with Crippen molar-refractivity contribution in [3.05, 3.63) is 50.7 Å². The summed E-state index contributed by atoms with van der Waals surface area (Å²) in [6.45, 7) is 4.89. The van der Waals surface area contributed by atoms with Gasteiger partial charge in [-0.15, -0.1) is 11.3 Å². The van der Waals surface area contributed by atoms with Gasteiger partial charge in [-0.2, -0.15) is 0 Å². The van der Waals surface area contributed by atoms with Gasteiger partial charge in [-0.05, 0) is 56.5 Å². The van der Waals surface area contributed by atoms with Crippen LogP contribution in [0.3, 0.4) is 0 Å². The van der Waals surface area contributed by atoms with Crippen molar-refractivity contribution in [2.24, 2.45) is 0 Å². The Morgan fingerprint density at radius 2 is 2.04 bits per heavy atom. The number of rotatable bonds is 2. The van der Waals surface area contributed by atoms with Gasteiger partial charge < -0.3 is 10.2 Å². The maximum atomic E-state index is 13.0. The molecule has 0 aliphatic carbocycles. The summed E-state index contributed by atoms with van der Waals surface area (Å²) in [5, 5.41) is 3.70. The average Bonchev–Trinajstić information content (AvgIpc) is 2.83. The quantitative estimate of drug-likeness (QED) is 0.680. The van der Waals surface area contributed by atoms with E-state index < -0.39 is 0 Å². The van der Waals surface area contributed by atoms with Crippen LogP contribution in [0.1, 0.15) is 47.0 Å². The van der Waals surface area contributed by atoms with Crippen LogP contribution in [-0.2, 0) is 0 Å². The third-order valence-corrected chi connectivity index (χ3v) is 5.88. The fourth-order valence-corrected chi connectivity index (χ4v) is 4.39. The van der Waals surface area contributed by atoms with Crippen LogP contribution in [0.5, 0.6) is 0 Å². The Morgan fingerprint density at radius 3 is 2.79 bits per heavy atom. The molecular weight excluding hydrogens is 340 g/mol. The molecular formula is C19H23ClN2OS. The lowest BCUT2D eigenvalue weighted by Gasteiger charge is -2.30. The SMILES string of the molecule is Cc1ccc([C@@H]2CCCCCN2C(=O)Nc2cc(Cl)ccc2C)s1. The number of carbonyl (C=O) groups is 1. The van der Waals surface area contributed by atoms with E-state index in [1.807, 2.05) is 30.0 Å². The van der Waals surface area contributed by atoms with Gasteiger partial charge in [0.1, 0.15) is 0 Å². The fourth-order valence-electron chi connectivity index (χ4n) is 3.20. The van der Waals surface area contributed by atoms with Crippen molar-refractivity contribution in [3.8, 4) is 0 Å². The molecule has 1 aromatic heterocycles. The van der Waals surface area contributed by atoms with Gasteiger partial charge >= 0.3 is 6.03 Å². The highest BCUT2D eigenvalue weighted by Crippen LogP contribution is 2.34. The van der Waals surface area contributed by atoms with Crippen LogP contribution in [0, 0.1) is 13.8 Å². The second-order valence-electron chi connectivity index (χ2n) is 6.40. The summed E-state index contributed by atoms with van der Waals surface area (Å²) in [5.74, 6) is 0. The topological polar surface area (TPSA) is 32.3 Å². The molecule has 2 heterocycles. The first-order valence-electron chi connectivity index (χ1n) is 8.45. The molecule has 1 aliphatic heterocycles. The molecule has 1 aliphatic rings. The number of nitrogens with one attached hydrogen (secondary N) is 1. The third-order valence-electron chi connectivity index (χ3n) is 4.54. The van der Waals surface area contributed by atoms with E-state index in [0.717, 1.165) is 30.6 Å². The number of anilines is 1. The number of thiophene rings is 1. The third kappa shape index (κ3) is 3.93. The molecule has 1 saturated heterocycles. The second-order valence-corrected chi connectivity index (χ2v) is 8.15. The Hall–Kier alpha value is -1.52. The minimum atomic E-state index is -0.0293. The van der Waals surface area contributed by atoms with E-state index >= 15 is 0 Å². The Labute approximate surface area is 152 Å². The molecule has 0 unspecified atom stereocenters. The first-order chi connectivity index (χ1) is 11.5. The molecule has 0 radical (unpaired) electrons. The van der Waals surface area contributed by atoms with Gasteiger partial charge in [-0.25, -0.2) is 4.79 Å². The van der Waals surface area contributed by atoms with Crippen molar-refractivity contribution in [1.29, 1.82) is 0 Å². The van der Waals surface area contributed by atoms with Gasteiger partial charge in [-0.3, -0.25) is 0 Å². The van der Waals surface area contributed by atoms with E-state index in [-0.39, 0.29) is 12.1 Å². The van der Waals surface area contributed by atoms with Crippen molar-refractivity contribution in [2.75, 3.05) is 11.9 Å². The summed E-state index contributed by atoms with van der Waals surface area (Å²) >= 11 is 7.87. The summed E-state index contributed by atoms with van der Waals surface area (Å²) < 4.78 is 0. The highest BCUT2D eigenvalue weighted by Gasteiger charge is 2.28. The number of likely N-dealkylation sites (tertiary alicyclic amines) is 1. The van der Waals surface area contributed by atoms with Gasteiger partial charge in [-0.1, -0.05) is 30.5 Å². The molecule has 0 saturated carbocycles. The molecule has 2 aromatic rings. The Bertz CT molecular complexity index is 728. The average molecular weight is 363 g/mol. The van der Waals surface area contributed by atoms with E-state index in [2.05, 4.69) is 24.4 Å². The van der Waals surface area contributed by atoms with Crippen molar-refractivity contribution < 1.29 is 4.79 Å². The first kappa shape index (κ1) is 17.3. The van der Waals surface area contributed by atoms with Crippen LogP contribution in [0.4, 0.5) is 10.5 Å². The Kier molecular flexibility index (Phi) is 5.47. The van der Waals surface area contributed by atoms with Crippen molar-refractivity contribution in [1.82, 2.24) is 4.90 Å². The van der Waals surface area contributed by atoms with Crippen molar-refractivity contribution >= 4 is 34.7 Å². The molecule has 2 amide bonds. The predicted octanol–water partition coefficient (Wildman–Crippen LogP) is 6.17. The number of hydrogen-bond acceptors (Lipinski definition) is 2. The number of halogens is 1. The monoisotopic (exact) mass is 362 g/mol. The van der Waals surface area contributed by atoms with E-state index in [1.165, 1.54) is 22.6 Å². The lowest BCUT2D eigenvalue weighted by atomic mass is 10.1. The molecule has 3 rings (SSSR count). The number of nitrogens with zero attached hydrogens (tertiary/aromatic N) is 1. The molecule has 1 aromatic carbocycles. The highest BCUT2D eigenvalue weighted by atomic mass is 35.5. The molecule has 128 valence electrons. The maximum Gasteiger partial charge on any atom is 0.322 e. The fraction of sp³-hybridized carbons (Fsp3) is 0.421. The smallest absolute Gasteiger partial charge is 0.317 e. The maximum absolute atomic E-state index is 13.0. The summed E-state index contributed by atoms with van der Waals surface area (Å²) in [7, 11) is 0. The lowest BCUT2D eigenvalue weighted by molar-refractivity contribution is 0.190. The highest BCUT2D eigenvalue weighted by molar-refractivity contribution is 7.12. The zero-order valence-electron chi connectivity index (χ0n) is 14.1. The summed E-state index contributed by atoms with van der Waals surface area (Å²) in [6, 6.07) is 10.0. The Balaban J connectivity index is 1.83. The predicted molar refractivity (Wildman–Crippen MR) is 102 cm³/mol. The van der Waals surface area contributed by atoms with E-state index in [0.29, 0.717) is 5.02 Å². The van der Waals surface area contributed by atoms with Crippen LogP contribution in [-0.4, -0.2) is 17.5 Å². The molecule has 0 bridgehead atoms. The Morgan fingerprint density at radius 1 is 1.21 bits per heavy atom. The van der Waals surface area contributed by atoms with E-state index in [1.54, 1.807) is 11.3 Å². The van der Waals surface area contributed by atoms with Crippen molar-refractivity contribution in [2.45, 2.75) is 45.6 Å². The molecule has 3 nitrogen and oxygen atoms in total. The van der Waals surface area contributed by atoms with Gasteiger partial charge in [0.15, 0.2) is 0 Å². The van der Waals surface area contributed by atoms with Gasteiger partial charge in [0.25, 0.3) is 0 Å². The first-order valence-corrected chi connectivity index (χ1v) is 9.64. The molecule has 1 fully saturated rings. The summed E-state index contributed by atoms with van der Waals surface area (Å²) in [5.41, 5.74) is 1.81. The van der Waals surface area contributed by atoms with Crippen LogP contribution >= 0.6 is 22.9 Å². The van der Waals surface area contributed by atoms with Crippen LogP contribution in [0.25, 0.3) is 0 Å². The number of aryl methyl sites for hydroxylation is 2. The van der Waals surface area contributed by atoms with Crippen LogP contribution in [0.2, 0.25) is 5.02 Å². The largest absolute Gasteiger partial charge is 0.322 e. The van der Waals surface area contributed by atoms with Crippen LogP contribution < -0.4 is 5.32 Å². The summed E-state index contributed by atoms with van der Waals surface area (Å²) in [6.07, 6.45) is 4.44. The molecule has 24 heavy (non-hydrogen) atoms. The standard InChI is InChI=1S/C19H23ClN2OS/c1-13-7-9-15(20)12-16(13)21-19(23)22-11-5-3-4-6-17(22)18-10-8-14(2)24-18/h7-10,12,17H,3-6,11H2,1-2H3,(H,21,23)/t17-/m0/s1. The molecule has 1 atom stereocenters. The van der Waals surface area contributed by atoms with Gasteiger partial charge in [0.05, 0.1) is 6.04 Å². The number of carbonyl (C=O) groups excluding carboxylic acids is 1. The van der Waals surface area contributed by atoms with Gasteiger partial charge in [0, 0.05) is 27.0 Å². The van der Waals surface area contributed by atoms with Crippen molar-refractivity contribution in [3.63, 3.8) is 0 Å². The van der Waals surface area contributed by atoms with E-state index in [9.17, 15) is 4.79 Å². The van der Waals surface area contributed by atoms with Crippen LogP contribution in [0.15, 0.2) is 30.3 Å². The minimum Gasteiger partial charge on any atom is -0.317 e. The second kappa shape index (κ2) is 7.58. The van der Waals surface area contributed by atoms with E-state index in [4.69, 9.17) is 11.6 Å². The minimum absolute atomic E-state index is 0.0293. The lowest BCUT2D eigenvalue weighted by Crippen LogP contribution is -2.37. The number of benzene rings is 1. The molecule has 0 spiro atoms. The van der Waals surface area contributed by atoms with Gasteiger partial charge in [0.2, 0.25) is 0 Å². The number of amides is 2. The molecule has 5 heteroatoms. The summed E-state index contributed by atoms with van der Waals surface area (Å²) in [4.78, 5) is 17.5. The number of urea groups is 1. The number of hydrogen-bond donors (Lipinski definition) is 1. The normalized spacial score (nSPS) is 18.3. The zero-order valence-corrected chi connectivity index (χ0v) is 15.7. The molecule has 1 N–H and O–H groups in total. The zero-order chi connectivity index (χ0) is 17.1.